The van der Waals surface area contributed by atoms with Gasteiger partial charge in [0, 0.05) is 17.2 Å². The standard InChI is InChI=1S/C19H20F3N3O5S/c1-18(2,3)9-31(29,30)15-8-11(6-13(23)16(15)24)17(26)10-4-5-12(19(20,21)22)14(7-10)25(27)28/h4-8H,9,23-24H2,1-3H3. The highest BCUT2D eigenvalue weighted by Crippen LogP contribution is 2.37. The summed E-state index contributed by atoms with van der Waals surface area (Å²) in [6.45, 7) is 5.04. The SMILES string of the molecule is CC(C)(C)CS(=O)(=O)c1cc(C(=O)c2ccc(C(F)(F)F)c([N+](=O)[O-])c2)cc(N)c1N. The molecule has 0 saturated heterocycles. The van der Waals surface area contributed by atoms with Crippen LogP contribution in [0.15, 0.2) is 35.2 Å². The normalized spacial score (nSPS) is 12.6. The first-order chi connectivity index (χ1) is 13.9. The molecule has 2 rings (SSSR count). The number of anilines is 2. The van der Waals surface area contributed by atoms with Crippen molar-refractivity contribution in [3.8, 4) is 0 Å². The van der Waals surface area contributed by atoms with E-state index in [2.05, 4.69) is 0 Å². The first kappa shape index (κ1) is 24.1. The number of halogens is 3. The molecule has 0 heterocycles. The van der Waals surface area contributed by atoms with E-state index in [1.54, 1.807) is 20.8 Å². The predicted octanol–water partition coefficient (Wildman–Crippen LogP) is 3.83. The number of nitrogens with zero attached hydrogens (tertiary/aromatic N) is 1. The fraction of sp³-hybridized carbons (Fsp3) is 0.316. The number of carbonyl (C=O) groups excluding carboxylic acids is 1. The number of sulfone groups is 1. The molecule has 0 amide bonds. The molecule has 0 aliphatic heterocycles. The molecule has 12 heteroatoms. The zero-order chi connectivity index (χ0) is 23.9. The maximum atomic E-state index is 13.0. The van der Waals surface area contributed by atoms with Gasteiger partial charge in [0.15, 0.2) is 15.6 Å². The average molecular weight is 459 g/mol. The van der Waals surface area contributed by atoms with Crippen LogP contribution >= 0.6 is 0 Å². The molecule has 0 fully saturated rings. The van der Waals surface area contributed by atoms with Crippen molar-refractivity contribution in [1.29, 1.82) is 0 Å². The van der Waals surface area contributed by atoms with Gasteiger partial charge in [0.25, 0.3) is 5.69 Å². The highest BCUT2D eigenvalue weighted by Gasteiger charge is 2.38. The van der Waals surface area contributed by atoms with E-state index in [9.17, 15) is 36.5 Å². The fourth-order valence-corrected chi connectivity index (χ4v) is 4.97. The van der Waals surface area contributed by atoms with Gasteiger partial charge < -0.3 is 11.5 Å². The Morgan fingerprint density at radius 3 is 2.13 bits per heavy atom. The number of nitrogen functional groups attached to an aromatic ring is 2. The molecule has 0 spiro atoms. The van der Waals surface area contributed by atoms with Gasteiger partial charge in [-0.1, -0.05) is 20.8 Å². The van der Waals surface area contributed by atoms with Crippen molar-refractivity contribution in [3.05, 3.63) is 57.1 Å². The Labute approximate surface area is 176 Å². The highest BCUT2D eigenvalue weighted by atomic mass is 32.2. The predicted molar refractivity (Wildman–Crippen MR) is 108 cm³/mol. The second kappa shape index (κ2) is 7.84. The van der Waals surface area contributed by atoms with E-state index in [-0.39, 0.29) is 22.7 Å². The van der Waals surface area contributed by atoms with E-state index in [0.29, 0.717) is 12.1 Å². The van der Waals surface area contributed by atoms with E-state index in [0.717, 1.165) is 18.2 Å². The summed E-state index contributed by atoms with van der Waals surface area (Å²) in [7, 11) is -3.97. The molecule has 0 aliphatic rings. The minimum absolute atomic E-state index is 0.222. The monoisotopic (exact) mass is 459 g/mol. The number of hydrogen-bond acceptors (Lipinski definition) is 7. The average Bonchev–Trinajstić information content (AvgIpc) is 2.59. The van der Waals surface area contributed by atoms with Crippen LogP contribution in [-0.4, -0.2) is 24.9 Å². The zero-order valence-corrected chi connectivity index (χ0v) is 17.6. The molecular weight excluding hydrogens is 439 g/mol. The molecule has 0 bridgehead atoms. The Morgan fingerprint density at radius 2 is 1.65 bits per heavy atom. The molecular formula is C19H20F3N3O5S. The number of hydrogen-bond donors (Lipinski definition) is 2. The summed E-state index contributed by atoms with van der Waals surface area (Å²) in [5, 5.41) is 11.1. The van der Waals surface area contributed by atoms with Crippen molar-refractivity contribution >= 4 is 32.7 Å². The Hall–Kier alpha value is -3.15. The van der Waals surface area contributed by atoms with Crippen LogP contribution in [0.4, 0.5) is 30.2 Å². The lowest BCUT2D eigenvalue weighted by Crippen LogP contribution is -2.22. The molecule has 168 valence electrons. The van der Waals surface area contributed by atoms with Crippen LogP contribution in [0.1, 0.15) is 42.3 Å². The molecule has 8 nitrogen and oxygen atoms in total. The molecule has 0 aromatic heterocycles. The Morgan fingerprint density at radius 1 is 1.06 bits per heavy atom. The summed E-state index contributed by atoms with van der Waals surface area (Å²) in [6, 6.07) is 3.72. The summed E-state index contributed by atoms with van der Waals surface area (Å²) in [4.78, 5) is 22.2. The van der Waals surface area contributed by atoms with Gasteiger partial charge >= 0.3 is 6.18 Å². The Balaban J connectivity index is 2.63. The van der Waals surface area contributed by atoms with E-state index >= 15 is 0 Å². The summed E-state index contributed by atoms with van der Waals surface area (Å²) in [6.07, 6.45) is -5.00. The van der Waals surface area contributed by atoms with Gasteiger partial charge in [0.05, 0.1) is 26.9 Å². The lowest BCUT2D eigenvalue weighted by molar-refractivity contribution is -0.388. The maximum absolute atomic E-state index is 13.0. The van der Waals surface area contributed by atoms with Crippen LogP contribution in [0.5, 0.6) is 0 Å². The second-order valence-corrected chi connectivity index (χ2v) is 10.1. The molecule has 0 radical (unpaired) electrons. The third-order valence-electron chi connectivity index (χ3n) is 4.16. The van der Waals surface area contributed by atoms with Crippen LogP contribution in [0.25, 0.3) is 0 Å². The van der Waals surface area contributed by atoms with Gasteiger partial charge in [-0.15, -0.1) is 0 Å². The number of alkyl halides is 3. The highest BCUT2D eigenvalue weighted by molar-refractivity contribution is 7.91. The minimum Gasteiger partial charge on any atom is -0.397 e. The Kier molecular flexibility index (Phi) is 6.10. The van der Waals surface area contributed by atoms with E-state index in [1.807, 2.05) is 0 Å². The van der Waals surface area contributed by atoms with Crippen LogP contribution < -0.4 is 11.5 Å². The Bertz CT molecular complexity index is 1170. The zero-order valence-electron chi connectivity index (χ0n) is 16.8. The van der Waals surface area contributed by atoms with Gasteiger partial charge in [0.1, 0.15) is 5.56 Å². The second-order valence-electron chi connectivity index (χ2n) is 8.11. The number of ketones is 1. The third-order valence-corrected chi connectivity index (χ3v) is 6.41. The molecule has 0 aliphatic carbocycles. The summed E-state index contributed by atoms with van der Waals surface area (Å²) >= 11 is 0. The number of nitrogens with two attached hydrogens (primary N) is 2. The maximum Gasteiger partial charge on any atom is 0.422 e. The lowest BCUT2D eigenvalue weighted by atomic mass is 9.99. The molecule has 31 heavy (non-hydrogen) atoms. The number of benzene rings is 2. The number of carbonyl (C=O) groups is 1. The van der Waals surface area contributed by atoms with Gasteiger partial charge in [-0.05, 0) is 29.7 Å². The van der Waals surface area contributed by atoms with Crippen LogP contribution in [-0.2, 0) is 16.0 Å². The van der Waals surface area contributed by atoms with E-state index < -0.39 is 53.8 Å². The lowest BCUT2D eigenvalue weighted by Gasteiger charge is -2.19. The fourth-order valence-electron chi connectivity index (χ4n) is 2.91. The minimum atomic E-state index is -5.00. The molecule has 2 aromatic rings. The van der Waals surface area contributed by atoms with Gasteiger partial charge in [-0.2, -0.15) is 13.2 Å². The van der Waals surface area contributed by atoms with Crippen molar-refractivity contribution in [2.45, 2.75) is 31.8 Å². The molecule has 0 atom stereocenters. The van der Waals surface area contributed by atoms with Gasteiger partial charge in [0.2, 0.25) is 0 Å². The van der Waals surface area contributed by atoms with Crippen LogP contribution in [0, 0.1) is 15.5 Å². The first-order valence-electron chi connectivity index (χ1n) is 8.76. The topological polar surface area (TPSA) is 146 Å². The number of nitro groups is 1. The summed E-state index contributed by atoms with van der Waals surface area (Å²) in [5.41, 5.74) is 6.88. The van der Waals surface area contributed by atoms with E-state index in [4.69, 9.17) is 11.5 Å². The van der Waals surface area contributed by atoms with Crippen molar-refractivity contribution < 1.29 is 31.3 Å². The third kappa shape index (κ3) is 5.32. The van der Waals surface area contributed by atoms with Crippen LogP contribution in [0.2, 0.25) is 0 Å². The smallest absolute Gasteiger partial charge is 0.397 e. The van der Waals surface area contributed by atoms with E-state index in [1.165, 1.54) is 0 Å². The molecule has 2 aromatic carbocycles. The summed E-state index contributed by atoms with van der Waals surface area (Å²) < 4.78 is 64.5. The van der Waals surface area contributed by atoms with Gasteiger partial charge in [-0.25, -0.2) is 8.42 Å². The summed E-state index contributed by atoms with van der Waals surface area (Å²) in [5.74, 6) is -1.26. The van der Waals surface area contributed by atoms with Crippen molar-refractivity contribution in [1.82, 2.24) is 0 Å². The van der Waals surface area contributed by atoms with Gasteiger partial charge in [-0.3, -0.25) is 14.9 Å². The van der Waals surface area contributed by atoms with Crippen LogP contribution in [0.3, 0.4) is 0 Å². The molecule has 0 saturated carbocycles. The number of nitro benzene ring substituents is 1. The number of rotatable bonds is 5. The van der Waals surface area contributed by atoms with Crippen molar-refractivity contribution in [2.75, 3.05) is 17.2 Å². The molecule has 0 unspecified atom stereocenters. The quantitative estimate of drug-likeness (QED) is 0.299. The molecule has 4 N–H and O–H groups in total. The first-order valence-corrected chi connectivity index (χ1v) is 10.4. The van der Waals surface area contributed by atoms with Crippen molar-refractivity contribution in [2.24, 2.45) is 5.41 Å². The van der Waals surface area contributed by atoms with Crippen molar-refractivity contribution in [3.63, 3.8) is 0 Å². The largest absolute Gasteiger partial charge is 0.422 e.